The Labute approximate surface area is 155 Å². The van der Waals surface area contributed by atoms with Crippen molar-refractivity contribution in [2.24, 2.45) is 0 Å². The van der Waals surface area contributed by atoms with Gasteiger partial charge in [-0.2, -0.15) is 0 Å². The summed E-state index contributed by atoms with van der Waals surface area (Å²) in [7, 11) is 0. The highest BCUT2D eigenvalue weighted by molar-refractivity contribution is 5.83. The van der Waals surface area contributed by atoms with E-state index < -0.39 is 0 Å². The van der Waals surface area contributed by atoms with Crippen LogP contribution in [0.5, 0.6) is 0 Å². The number of para-hydroxylation sites is 1. The van der Waals surface area contributed by atoms with Crippen molar-refractivity contribution in [3.05, 3.63) is 71.9 Å². The van der Waals surface area contributed by atoms with Crippen molar-refractivity contribution in [3.8, 4) is 0 Å². The quantitative estimate of drug-likeness (QED) is 0.514. The highest BCUT2D eigenvalue weighted by atomic mass is 16.1. The summed E-state index contributed by atoms with van der Waals surface area (Å²) in [6, 6.07) is 18.9. The Balaban J connectivity index is 1.32. The van der Waals surface area contributed by atoms with Crippen molar-refractivity contribution in [1.29, 1.82) is 0 Å². The molecule has 0 radical (unpaired) electrons. The first kappa shape index (κ1) is 18.2. The highest BCUT2D eigenvalue weighted by Gasteiger charge is 2.07. The Bertz CT molecular complexity index is 822. The van der Waals surface area contributed by atoms with Crippen LogP contribution in [-0.4, -0.2) is 17.4 Å². The molecule has 2 N–H and O–H groups in total. The number of carbonyl (C=O) groups is 1. The van der Waals surface area contributed by atoms with Gasteiger partial charge in [0.2, 0.25) is 5.91 Å². The number of amides is 1. The van der Waals surface area contributed by atoms with E-state index in [1.807, 2.05) is 12.3 Å². The monoisotopic (exact) mass is 348 g/mol. The van der Waals surface area contributed by atoms with Gasteiger partial charge < -0.3 is 10.3 Å². The molecule has 3 heteroatoms. The molecular formula is C23H28N2O. The van der Waals surface area contributed by atoms with Crippen LogP contribution >= 0.6 is 0 Å². The molecule has 3 nitrogen and oxygen atoms in total. The maximum absolute atomic E-state index is 12.0. The van der Waals surface area contributed by atoms with Crippen LogP contribution in [0.25, 0.3) is 10.9 Å². The van der Waals surface area contributed by atoms with Gasteiger partial charge in [0.15, 0.2) is 0 Å². The Morgan fingerprint density at radius 3 is 2.65 bits per heavy atom. The molecule has 0 saturated heterocycles. The van der Waals surface area contributed by atoms with Crippen LogP contribution in [0, 0.1) is 0 Å². The zero-order valence-corrected chi connectivity index (χ0v) is 15.5. The van der Waals surface area contributed by atoms with Crippen molar-refractivity contribution >= 4 is 16.8 Å². The molecule has 26 heavy (non-hydrogen) atoms. The van der Waals surface area contributed by atoms with Gasteiger partial charge in [-0.05, 0) is 42.4 Å². The molecule has 1 amide bonds. The molecule has 0 spiro atoms. The number of aromatic nitrogens is 1. The molecule has 136 valence electrons. The van der Waals surface area contributed by atoms with E-state index in [1.165, 1.54) is 16.5 Å². The standard InChI is InChI=1S/C23H28N2O/c1-18(19-10-3-2-4-11-19)9-5-8-14-23(26)24-16-15-20-17-25-22-13-7-6-12-21(20)22/h2-4,6-7,10-13,17-18,25H,5,8-9,14-16H2,1H3,(H,24,26). The number of fused-ring (bicyclic) bond motifs is 1. The topological polar surface area (TPSA) is 44.9 Å². The van der Waals surface area contributed by atoms with Gasteiger partial charge in [0.25, 0.3) is 0 Å². The largest absolute Gasteiger partial charge is 0.361 e. The molecule has 3 aromatic rings. The molecule has 2 aromatic carbocycles. The second-order valence-electron chi connectivity index (χ2n) is 7.02. The van der Waals surface area contributed by atoms with Gasteiger partial charge in [0.05, 0.1) is 0 Å². The smallest absolute Gasteiger partial charge is 0.220 e. The first-order valence-corrected chi connectivity index (χ1v) is 9.60. The summed E-state index contributed by atoms with van der Waals surface area (Å²) < 4.78 is 0. The second kappa shape index (κ2) is 9.23. The molecule has 1 atom stereocenters. The van der Waals surface area contributed by atoms with Crippen LogP contribution in [0.3, 0.4) is 0 Å². The number of nitrogens with one attached hydrogen (secondary N) is 2. The Morgan fingerprint density at radius 2 is 1.81 bits per heavy atom. The van der Waals surface area contributed by atoms with Crippen LogP contribution in [0.1, 0.15) is 49.7 Å². The summed E-state index contributed by atoms with van der Waals surface area (Å²) in [5.74, 6) is 0.721. The molecule has 0 bridgehead atoms. The predicted octanol–water partition coefficient (Wildman–Crippen LogP) is 5.19. The molecule has 0 fully saturated rings. The fraction of sp³-hybridized carbons (Fsp3) is 0.348. The SMILES string of the molecule is CC(CCCCC(=O)NCCc1c[nH]c2ccccc12)c1ccccc1. The molecule has 1 unspecified atom stereocenters. The fourth-order valence-electron chi connectivity index (χ4n) is 3.45. The predicted molar refractivity (Wildman–Crippen MR) is 108 cm³/mol. The molecule has 0 aliphatic carbocycles. The lowest BCUT2D eigenvalue weighted by Gasteiger charge is -2.11. The molecule has 0 aliphatic heterocycles. The maximum Gasteiger partial charge on any atom is 0.220 e. The first-order valence-electron chi connectivity index (χ1n) is 9.60. The fourth-order valence-corrected chi connectivity index (χ4v) is 3.45. The van der Waals surface area contributed by atoms with Crippen molar-refractivity contribution < 1.29 is 4.79 Å². The minimum Gasteiger partial charge on any atom is -0.361 e. The minimum atomic E-state index is 0.164. The van der Waals surface area contributed by atoms with E-state index in [2.05, 4.69) is 65.8 Å². The zero-order valence-electron chi connectivity index (χ0n) is 15.5. The lowest BCUT2D eigenvalue weighted by Crippen LogP contribution is -2.25. The highest BCUT2D eigenvalue weighted by Crippen LogP contribution is 2.21. The van der Waals surface area contributed by atoms with E-state index in [0.29, 0.717) is 18.9 Å². The molecule has 3 rings (SSSR count). The van der Waals surface area contributed by atoms with Gasteiger partial charge >= 0.3 is 0 Å². The average molecular weight is 348 g/mol. The summed E-state index contributed by atoms with van der Waals surface area (Å²) >= 11 is 0. The molecule has 1 heterocycles. The summed E-state index contributed by atoms with van der Waals surface area (Å²) in [4.78, 5) is 15.3. The lowest BCUT2D eigenvalue weighted by molar-refractivity contribution is -0.121. The summed E-state index contributed by atoms with van der Waals surface area (Å²) in [5, 5.41) is 4.30. The molecule has 0 aliphatic rings. The third-order valence-corrected chi connectivity index (χ3v) is 5.05. The average Bonchev–Trinajstić information content (AvgIpc) is 3.09. The summed E-state index contributed by atoms with van der Waals surface area (Å²) in [5.41, 5.74) is 3.80. The number of hydrogen-bond acceptors (Lipinski definition) is 1. The van der Waals surface area contributed by atoms with Gasteiger partial charge in [0, 0.05) is 30.1 Å². The van der Waals surface area contributed by atoms with Gasteiger partial charge in [0.1, 0.15) is 0 Å². The number of benzene rings is 2. The van der Waals surface area contributed by atoms with Crippen LogP contribution in [0.2, 0.25) is 0 Å². The van der Waals surface area contributed by atoms with Crippen LogP contribution < -0.4 is 5.32 Å². The number of rotatable bonds is 9. The van der Waals surface area contributed by atoms with Crippen molar-refractivity contribution in [3.63, 3.8) is 0 Å². The Morgan fingerprint density at radius 1 is 1.04 bits per heavy atom. The summed E-state index contributed by atoms with van der Waals surface area (Å²) in [6.45, 7) is 2.96. The normalized spacial score (nSPS) is 12.2. The van der Waals surface area contributed by atoms with E-state index in [1.54, 1.807) is 0 Å². The molecule has 0 saturated carbocycles. The van der Waals surface area contributed by atoms with Crippen LogP contribution in [0.15, 0.2) is 60.8 Å². The van der Waals surface area contributed by atoms with Gasteiger partial charge in [-0.3, -0.25) is 4.79 Å². The van der Waals surface area contributed by atoms with E-state index in [0.717, 1.165) is 31.2 Å². The minimum absolute atomic E-state index is 0.164. The zero-order chi connectivity index (χ0) is 18.2. The van der Waals surface area contributed by atoms with Crippen LogP contribution in [0.4, 0.5) is 0 Å². The maximum atomic E-state index is 12.0. The third-order valence-electron chi connectivity index (χ3n) is 5.05. The Kier molecular flexibility index (Phi) is 6.48. The van der Waals surface area contributed by atoms with Crippen molar-refractivity contribution in [2.75, 3.05) is 6.54 Å². The van der Waals surface area contributed by atoms with Gasteiger partial charge in [-0.25, -0.2) is 0 Å². The van der Waals surface area contributed by atoms with E-state index in [4.69, 9.17) is 0 Å². The van der Waals surface area contributed by atoms with E-state index in [-0.39, 0.29) is 5.91 Å². The van der Waals surface area contributed by atoms with Crippen LogP contribution in [-0.2, 0) is 11.2 Å². The first-order chi connectivity index (χ1) is 12.7. The van der Waals surface area contributed by atoms with Crippen molar-refractivity contribution in [2.45, 2.75) is 44.9 Å². The van der Waals surface area contributed by atoms with Crippen molar-refractivity contribution in [1.82, 2.24) is 10.3 Å². The number of H-pyrrole nitrogens is 1. The second-order valence-corrected chi connectivity index (χ2v) is 7.02. The Hall–Kier alpha value is -2.55. The molecule has 1 aromatic heterocycles. The van der Waals surface area contributed by atoms with Gasteiger partial charge in [-0.15, -0.1) is 0 Å². The van der Waals surface area contributed by atoms with Gasteiger partial charge in [-0.1, -0.05) is 61.9 Å². The van der Waals surface area contributed by atoms with E-state index >= 15 is 0 Å². The van der Waals surface area contributed by atoms with E-state index in [9.17, 15) is 4.79 Å². The number of carbonyl (C=O) groups excluding carboxylic acids is 1. The summed E-state index contributed by atoms with van der Waals surface area (Å²) in [6.07, 6.45) is 6.70. The lowest BCUT2D eigenvalue weighted by atomic mass is 9.95. The number of aromatic amines is 1. The number of unbranched alkanes of at least 4 members (excludes halogenated alkanes) is 1. The molecular weight excluding hydrogens is 320 g/mol. The third kappa shape index (κ3) is 4.98. The number of hydrogen-bond donors (Lipinski definition) is 2.